The molecule has 0 aromatic rings. The summed E-state index contributed by atoms with van der Waals surface area (Å²) in [5, 5.41) is 0. The lowest BCUT2D eigenvalue weighted by Gasteiger charge is -2.30. The van der Waals surface area contributed by atoms with Crippen molar-refractivity contribution >= 4 is 11.9 Å². The molecule has 0 spiro atoms. The molecular formula is C12H23NO3. The molecule has 0 N–H and O–H groups in total. The van der Waals surface area contributed by atoms with Crippen molar-refractivity contribution in [2.24, 2.45) is 5.92 Å². The Balaban J connectivity index is 4.54. The maximum atomic E-state index is 11.7. The van der Waals surface area contributed by atoms with E-state index >= 15 is 0 Å². The van der Waals surface area contributed by atoms with Gasteiger partial charge in [0.15, 0.2) is 0 Å². The number of rotatable bonds is 6. The van der Waals surface area contributed by atoms with E-state index in [1.54, 1.807) is 11.8 Å². The Morgan fingerprint density at radius 2 is 1.81 bits per heavy atom. The Morgan fingerprint density at radius 1 is 1.25 bits per heavy atom. The Hall–Kier alpha value is -1.06. The Labute approximate surface area is 98.0 Å². The van der Waals surface area contributed by atoms with E-state index in [1.807, 2.05) is 20.8 Å². The second kappa shape index (κ2) is 7.25. The standard InChI is InChI=1S/C12H23NO3/c1-6-10(4)13(11(14)7-2)8-9(3)12(15)16-5/h9-10H,6-8H2,1-5H3. The van der Waals surface area contributed by atoms with Crippen LogP contribution in [0.25, 0.3) is 0 Å². The van der Waals surface area contributed by atoms with E-state index in [0.717, 1.165) is 6.42 Å². The van der Waals surface area contributed by atoms with Crippen molar-refractivity contribution in [3.63, 3.8) is 0 Å². The van der Waals surface area contributed by atoms with Crippen molar-refractivity contribution in [3.8, 4) is 0 Å². The fourth-order valence-electron chi connectivity index (χ4n) is 1.52. The van der Waals surface area contributed by atoms with Crippen LogP contribution < -0.4 is 0 Å². The van der Waals surface area contributed by atoms with Gasteiger partial charge in [-0.25, -0.2) is 0 Å². The summed E-state index contributed by atoms with van der Waals surface area (Å²) in [6.07, 6.45) is 1.36. The van der Waals surface area contributed by atoms with E-state index in [1.165, 1.54) is 7.11 Å². The van der Waals surface area contributed by atoms with Gasteiger partial charge >= 0.3 is 5.97 Å². The van der Waals surface area contributed by atoms with Crippen LogP contribution >= 0.6 is 0 Å². The monoisotopic (exact) mass is 229 g/mol. The summed E-state index contributed by atoms with van der Waals surface area (Å²) in [6, 6.07) is 0.166. The van der Waals surface area contributed by atoms with E-state index in [4.69, 9.17) is 0 Å². The first-order chi connectivity index (χ1) is 7.47. The Kier molecular flexibility index (Phi) is 6.77. The highest BCUT2D eigenvalue weighted by molar-refractivity contribution is 5.78. The van der Waals surface area contributed by atoms with Crippen LogP contribution in [0.15, 0.2) is 0 Å². The van der Waals surface area contributed by atoms with Crippen LogP contribution in [0.2, 0.25) is 0 Å². The molecule has 0 radical (unpaired) electrons. The van der Waals surface area contributed by atoms with Gasteiger partial charge in [-0.05, 0) is 13.3 Å². The smallest absolute Gasteiger partial charge is 0.310 e. The van der Waals surface area contributed by atoms with Gasteiger partial charge < -0.3 is 9.64 Å². The van der Waals surface area contributed by atoms with Crippen LogP contribution in [0, 0.1) is 5.92 Å². The molecule has 0 aromatic heterocycles. The summed E-state index contributed by atoms with van der Waals surface area (Å²) < 4.78 is 4.66. The number of hydrogen-bond donors (Lipinski definition) is 0. The van der Waals surface area contributed by atoms with Gasteiger partial charge in [0.2, 0.25) is 5.91 Å². The number of methoxy groups -OCH3 is 1. The average molecular weight is 229 g/mol. The number of ether oxygens (including phenoxy) is 1. The summed E-state index contributed by atoms with van der Waals surface area (Å²) >= 11 is 0. The summed E-state index contributed by atoms with van der Waals surface area (Å²) in [6.45, 7) is 8.08. The molecule has 4 nitrogen and oxygen atoms in total. The first kappa shape index (κ1) is 14.9. The minimum Gasteiger partial charge on any atom is -0.469 e. The lowest BCUT2D eigenvalue weighted by atomic mass is 10.1. The summed E-state index contributed by atoms with van der Waals surface area (Å²) in [7, 11) is 1.37. The fraction of sp³-hybridized carbons (Fsp3) is 0.833. The van der Waals surface area contributed by atoms with Gasteiger partial charge in [0.05, 0.1) is 13.0 Å². The van der Waals surface area contributed by atoms with Crippen LogP contribution in [-0.2, 0) is 14.3 Å². The van der Waals surface area contributed by atoms with Gasteiger partial charge in [-0.2, -0.15) is 0 Å². The zero-order valence-electron chi connectivity index (χ0n) is 10.9. The van der Waals surface area contributed by atoms with Crippen molar-refractivity contribution in [1.82, 2.24) is 4.90 Å². The van der Waals surface area contributed by atoms with Gasteiger partial charge in [0.25, 0.3) is 0 Å². The molecule has 0 aromatic carbocycles. The number of esters is 1. The highest BCUT2D eigenvalue weighted by Crippen LogP contribution is 2.10. The quantitative estimate of drug-likeness (QED) is 0.653. The predicted octanol–water partition coefficient (Wildman–Crippen LogP) is 1.83. The molecule has 1 amide bonds. The minimum absolute atomic E-state index is 0.0881. The molecule has 0 saturated heterocycles. The second-order valence-corrected chi connectivity index (χ2v) is 4.08. The predicted molar refractivity (Wildman–Crippen MR) is 62.9 cm³/mol. The largest absolute Gasteiger partial charge is 0.469 e. The molecule has 0 aliphatic heterocycles. The van der Waals surface area contributed by atoms with Gasteiger partial charge in [-0.1, -0.05) is 20.8 Å². The molecule has 16 heavy (non-hydrogen) atoms. The molecule has 2 atom stereocenters. The number of hydrogen-bond acceptors (Lipinski definition) is 3. The Bertz CT molecular complexity index is 240. The molecule has 4 heteroatoms. The molecule has 0 rings (SSSR count). The van der Waals surface area contributed by atoms with Gasteiger partial charge in [-0.15, -0.1) is 0 Å². The van der Waals surface area contributed by atoms with E-state index in [9.17, 15) is 9.59 Å². The third-order valence-electron chi connectivity index (χ3n) is 2.82. The third kappa shape index (κ3) is 4.21. The van der Waals surface area contributed by atoms with Gasteiger partial charge in [0, 0.05) is 19.0 Å². The van der Waals surface area contributed by atoms with Crippen LogP contribution in [0.1, 0.15) is 40.5 Å². The van der Waals surface area contributed by atoms with Crippen molar-refractivity contribution in [3.05, 3.63) is 0 Å². The zero-order valence-corrected chi connectivity index (χ0v) is 10.9. The van der Waals surface area contributed by atoms with E-state index < -0.39 is 0 Å². The normalized spacial score (nSPS) is 14.1. The lowest BCUT2D eigenvalue weighted by Crippen LogP contribution is -2.42. The van der Waals surface area contributed by atoms with Crippen molar-refractivity contribution in [2.45, 2.75) is 46.6 Å². The number of nitrogens with zero attached hydrogens (tertiary/aromatic N) is 1. The molecule has 2 unspecified atom stereocenters. The highest BCUT2D eigenvalue weighted by Gasteiger charge is 2.23. The third-order valence-corrected chi connectivity index (χ3v) is 2.82. The molecule has 0 heterocycles. The van der Waals surface area contributed by atoms with Gasteiger partial charge in [-0.3, -0.25) is 9.59 Å². The SMILES string of the molecule is CCC(=O)N(CC(C)C(=O)OC)C(C)CC. The maximum Gasteiger partial charge on any atom is 0.310 e. The van der Waals surface area contributed by atoms with E-state index in [2.05, 4.69) is 4.74 Å². The summed E-state index contributed by atoms with van der Waals surface area (Å²) in [5.74, 6) is -0.447. The topological polar surface area (TPSA) is 46.6 Å². The number of carbonyl (C=O) groups is 2. The van der Waals surface area contributed by atoms with Crippen molar-refractivity contribution in [1.29, 1.82) is 0 Å². The average Bonchev–Trinajstić information content (AvgIpc) is 2.32. The number of carbonyl (C=O) groups excluding carboxylic acids is 2. The lowest BCUT2D eigenvalue weighted by molar-refractivity contribution is -0.147. The molecule has 0 saturated carbocycles. The molecular weight excluding hydrogens is 206 g/mol. The molecule has 0 bridgehead atoms. The summed E-state index contributed by atoms with van der Waals surface area (Å²) in [4.78, 5) is 24.8. The van der Waals surface area contributed by atoms with Crippen LogP contribution in [-0.4, -0.2) is 36.5 Å². The Morgan fingerprint density at radius 3 is 2.19 bits per heavy atom. The highest BCUT2D eigenvalue weighted by atomic mass is 16.5. The minimum atomic E-state index is -0.269. The maximum absolute atomic E-state index is 11.7. The molecule has 0 fully saturated rings. The van der Waals surface area contributed by atoms with Crippen LogP contribution in [0.3, 0.4) is 0 Å². The first-order valence-corrected chi connectivity index (χ1v) is 5.85. The molecule has 0 aliphatic carbocycles. The fourth-order valence-corrected chi connectivity index (χ4v) is 1.52. The van der Waals surface area contributed by atoms with Crippen molar-refractivity contribution < 1.29 is 14.3 Å². The van der Waals surface area contributed by atoms with E-state index in [0.29, 0.717) is 13.0 Å². The number of amides is 1. The van der Waals surface area contributed by atoms with Gasteiger partial charge in [0.1, 0.15) is 0 Å². The molecule has 0 aliphatic rings. The first-order valence-electron chi connectivity index (χ1n) is 5.85. The van der Waals surface area contributed by atoms with Crippen molar-refractivity contribution in [2.75, 3.05) is 13.7 Å². The van der Waals surface area contributed by atoms with Crippen LogP contribution in [0.5, 0.6) is 0 Å². The summed E-state index contributed by atoms with van der Waals surface area (Å²) in [5.41, 5.74) is 0. The zero-order chi connectivity index (χ0) is 12.7. The molecule has 94 valence electrons. The second-order valence-electron chi connectivity index (χ2n) is 4.08. The van der Waals surface area contributed by atoms with E-state index in [-0.39, 0.29) is 23.8 Å². The van der Waals surface area contributed by atoms with Crippen LogP contribution in [0.4, 0.5) is 0 Å².